The van der Waals surface area contributed by atoms with Crippen LogP contribution in [-0.2, 0) is 11.3 Å². The molecule has 1 atom stereocenters. The number of likely N-dealkylation sites (tertiary alicyclic amines) is 1. The zero-order chi connectivity index (χ0) is 18.9. The summed E-state index contributed by atoms with van der Waals surface area (Å²) in [5.41, 5.74) is 0.397. The molecule has 27 heavy (non-hydrogen) atoms. The van der Waals surface area contributed by atoms with Crippen molar-refractivity contribution in [1.29, 1.82) is 0 Å². The van der Waals surface area contributed by atoms with Crippen molar-refractivity contribution in [2.24, 2.45) is 0 Å². The summed E-state index contributed by atoms with van der Waals surface area (Å²) in [6, 6.07) is 11.0. The standard InChI is InChI=1S/C18H19N5O3S/c1-18(20-15-21-23-14(24)7-9-19-16(23)27-15)8-10-22(12-18)17(25)26-11-13-5-3-2-4-6-13/h2-7,9H,8,10-12H2,1H3,(H,20,21)/t18-/m1/s1. The van der Waals surface area contributed by atoms with Gasteiger partial charge in [-0.1, -0.05) is 41.7 Å². The number of nitrogens with zero attached hydrogens (tertiary/aromatic N) is 4. The molecule has 1 saturated heterocycles. The van der Waals surface area contributed by atoms with Gasteiger partial charge in [0, 0.05) is 25.4 Å². The third-order valence-electron chi connectivity index (χ3n) is 4.52. The number of nitrogens with one attached hydrogen (secondary N) is 1. The maximum absolute atomic E-state index is 12.4. The first kappa shape index (κ1) is 17.5. The minimum Gasteiger partial charge on any atom is -0.445 e. The van der Waals surface area contributed by atoms with Crippen molar-refractivity contribution in [3.8, 4) is 0 Å². The molecule has 1 amide bonds. The number of fused-ring (bicyclic) bond motifs is 1. The molecule has 1 fully saturated rings. The van der Waals surface area contributed by atoms with Gasteiger partial charge in [0.05, 0.1) is 5.54 Å². The molecule has 1 N–H and O–H groups in total. The lowest BCUT2D eigenvalue weighted by Gasteiger charge is -2.25. The fourth-order valence-corrected chi connectivity index (χ4v) is 4.01. The molecule has 0 aliphatic carbocycles. The van der Waals surface area contributed by atoms with Crippen molar-refractivity contribution in [2.75, 3.05) is 18.4 Å². The van der Waals surface area contributed by atoms with Crippen LogP contribution < -0.4 is 10.9 Å². The summed E-state index contributed by atoms with van der Waals surface area (Å²) in [6.07, 6.45) is 1.90. The van der Waals surface area contributed by atoms with E-state index in [0.29, 0.717) is 23.2 Å². The third-order valence-corrected chi connectivity index (χ3v) is 5.35. The summed E-state index contributed by atoms with van der Waals surface area (Å²) in [5, 5.41) is 8.24. The van der Waals surface area contributed by atoms with Crippen LogP contribution in [-0.4, -0.2) is 44.2 Å². The van der Waals surface area contributed by atoms with Gasteiger partial charge in [-0.05, 0) is 18.9 Å². The largest absolute Gasteiger partial charge is 0.445 e. The van der Waals surface area contributed by atoms with Crippen LogP contribution in [0.4, 0.5) is 9.93 Å². The number of anilines is 1. The van der Waals surface area contributed by atoms with E-state index in [9.17, 15) is 9.59 Å². The maximum atomic E-state index is 12.4. The highest BCUT2D eigenvalue weighted by Crippen LogP contribution is 2.28. The number of rotatable bonds is 4. The smallest absolute Gasteiger partial charge is 0.410 e. The van der Waals surface area contributed by atoms with Gasteiger partial charge < -0.3 is 15.0 Å². The van der Waals surface area contributed by atoms with Gasteiger partial charge in [-0.25, -0.2) is 9.78 Å². The van der Waals surface area contributed by atoms with E-state index in [1.807, 2.05) is 37.3 Å². The van der Waals surface area contributed by atoms with Crippen LogP contribution in [0.25, 0.3) is 4.96 Å². The van der Waals surface area contributed by atoms with Crippen molar-refractivity contribution in [3.63, 3.8) is 0 Å². The summed E-state index contributed by atoms with van der Waals surface area (Å²) in [7, 11) is 0. The van der Waals surface area contributed by atoms with E-state index in [2.05, 4.69) is 15.4 Å². The van der Waals surface area contributed by atoms with Crippen molar-refractivity contribution < 1.29 is 9.53 Å². The average molecular weight is 385 g/mol. The lowest BCUT2D eigenvalue weighted by molar-refractivity contribution is 0.103. The van der Waals surface area contributed by atoms with Gasteiger partial charge in [0.15, 0.2) is 0 Å². The normalized spacial score (nSPS) is 19.4. The highest BCUT2D eigenvalue weighted by Gasteiger charge is 2.37. The Morgan fingerprint density at radius 2 is 2.15 bits per heavy atom. The molecule has 4 rings (SSSR count). The van der Waals surface area contributed by atoms with Crippen LogP contribution in [0, 0.1) is 0 Å². The van der Waals surface area contributed by atoms with E-state index in [1.165, 1.54) is 28.1 Å². The molecule has 140 valence electrons. The molecule has 1 aliphatic heterocycles. The van der Waals surface area contributed by atoms with Gasteiger partial charge in [-0.3, -0.25) is 4.79 Å². The van der Waals surface area contributed by atoms with Crippen molar-refractivity contribution in [2.45, 2.75) is 25.5 Å². The molecule has 8 nitrogen and oxygen atoms in total. The number of carbonyl (C=O) groups is 1. The highest BCUT2D eigenvalue weighted by atomic mass is 32.1. The Labute approximate surface area is 159 Å². The molecule has 1 aromatic carbocycles. The number of carbonyl (C=O) groups excluding carboxylic acids is 1. The molecule has 0 bridgehead atoms. The second kappa shape index (κ2) is 6.99. The highest BCUT2D eigenvalue weighted by molar-refractivity contribution is 7.20. The van der Waals surface area contributed by atoms with Gasteiger partial charge in [0.25, 0.3) is 5.56 Å². The predicted octanol–water partition coefficient (Wildman–Crippen LogP) is 2.36. The summed E-state index contributed by atoms with van der Waals surface area (Å²) in [6.45, 7) is 3.38. The van der Waals surface area contributed by atoms with E-state index >= 15 is 0 Å². The molecule has 3 aromatic rings. The Bertz CT molecular complexity index is 1020. The molecule has 0 unspecified atom stereocenters. The molecule has 2 aromatic heterocycles. The Morgan fingerprint density at radius 3 is 2.93 bits per heavy atom. The van der Waals surface area contributed by atoms with E-state index < -0.39 is 0 Å². The predicted molar refractivity (Wildman–Crippen MR) is 102 cm³/mol. The lowest BCUT2D eigenvalue weighted by Crippen LogP contribution is -2.40. The number of hydrogen-bond acceptors (Lipinski definition) is 7. The number of ether oxygens (including phenoxy) is 1. The zero-order valence-electron chi connectivity index (χ0n) is 14.8. The fourth-order valence-electron chi connectivity index (χ4n) is 3.08. The number of benzene rings is 1. The first-order valence-corrected chi connectivity index (χ1v) is 9.43. The van der Waals surface area contributed by atoms with Crippen LogP contribution in [0.3, 0.4) is 0 Å². The molecule has 9 heteroatoms. The van der Waals surface area contributed by atoms with Gasteiger partial charge in [-0.2, -0.15) is 4.52 Å². The van der Waals surface area contributed by atoms with E-state index in [0.717, 1.165) is 12.0 Å². The first-order chi connectivity index (χ1) is 13.0. The molecule has 0 saturated carbocycles. The van der Waals surface area contributed by atoms with Gasteiger partial charge in [0.2, 0.25) is 10.1 Å². The summed E-state index contributed by atoms with van der Waals surface area (Å²) in [4.78, 5) is 30.5. The molecule has 0 spiro atoms. The van der Waals surface area contributed by atoms with Crippen molar-refractivity contribution >= 4 is 27.5 Å². The number of aromatic nitrogens is 3. The molecule has 3 heterocycles. The van der Waals surface area contributed by atoms with Crippen molar-refractivity contribution in [3.05, 3.63) is 58.5 Å². The van der Waals surface area contributed by atoms with Crippen LogP contribution in [0.1, 0.15) is 18.9 Å². The number of amides is 1. The van der Waals surface area contributed by atoms with Crippen LogP contribution >= 0.6 is 11.3 Å². The first-order valence-electron chi connectivity index (χ1n) is 8.61. The van der Waals surface area contributed by atoms with Crippen LogP contribution in [0.15, 0.2) is 47.4 Å². The number of hydrogen-bond donors (Lipinski definition) is 1. The van der Waals surface area contributed by atoms with Crippen molar-refractivity contribution in [1.82, 2.24) is 19.5 Å². The van der Waals surface area contributed by atoms with E-state index in [4.69, 9.17) is 4.74 Å². The second-order valence-electron chi connectivity index (χ2n) is 6.78. The molecule has 0 radical (unpaired) electrons. The van der Waals surface area contributed by atoms with Crippen LogP contribution in [0.2, 0.25) is 0 Å². The summed E-state index contributed by atoms with van der Waals surface area (Å²) in [5.74, 6) is 0. The van der Waals surface area contributed by atoms with Crippen LogP contribution in [0.5, 0.6) is 0 Å². The topological polar surface area (TPSA) is 88.8 Å². The molecule has 1 aliphatic rings. The monoisotopic (exact) mass is 385 g/mol. The van der Waals surface area contributed by atoms with Gasteiger partial charge >= 0.3 is 6.09 Å². The Morgan fingerprint density at radius 1 is 1.33 bits per heavy atom. The third kappa shape index (κ3) is 3.77. The summed E-state index contributed by atoms with van der Waals surface area (Å²) >= 11 is 1.31. The minimum atomic E-state index is -0.344. The molecular weight excluding hydrogens is 366 g/mol. The van der Waals surface area contributed by atoms with E-state index in [1.54, 1.807) is 4.90 Å². The fraction of sp³-hybridized carbons (Fsp3) is 0.333. The summed E-state index contributed by atoms with van der Waals surface area (Å²) < 4.78 is 6.69. The van der Waals surface area contributed by atoms with E-state index in [-0.39, 0.29) is 23.8 Å². The Balaban J connectivity index is 1.39. The van der Waals surface area contributed by atoms with Gasteiger partial charge in [0.1, 0.15) is 6.61 Å². The average Bonchev–Trinajstić information content (AvgIpc) is 3.25. The second-order valence-corrected chi connectivity index (χ2v) is 7.74. The quantitative estimate of drug-likeness (QED) is 0.742. The minimum absolute atomic E-state index is 0.216. The lowest BCUT2D eigenvalue weighted by atomic mass is 10.0. The zero-order valence-corrected chi connectivity index (χ0v) is 15.6. The Kier molecular flexibility index (Phi) is 4.53. The maximum Gasteiger partial charge on any atom is 0.410 e. The Hall–Kier alpha value is -2.94. The molecular formula is C18H19N5O3S. The SMILES string of the molecule is C[C@@]1(Nc2nn3c(=O)ccnc3s2)CCN(C(=O)OCc2ccccc2)C1. The van der Waals surface area contributed by atoms with Gasteiger partial charge in [-0.15, -0.1) is 5.10 Å².